The zero-order chi connectivity index (χ0) is 25.2. The fraction of sp³-hybridized carbons (Fsp3) is 0.613. The average Bonchev–Trinajstić information content (AvgIpc) is 3.18. The Morgan fingerprint density at radius 1 is 1.08 bits per heavy atom. The SMILES string of the molecule is CC(=O)O[C@H]1CC[C@H]2[C@@H]3CC[C@H]4CC5=C(C[C@]4(C)[C@H]3CC[C@]12C)C(c1ccccc1)OC(N)=C5C#N. The maximum absolute atomic E-state index is 11.8. The van der Waals surface area contributed by atoms with Gasteiger partial charge in [0.25, 0.3) is 0 Å². The van der Waals surface area contributed by atoms with Crippen LogP contribution < -0.4 is 5.73 Å². The Bertz CT molecular complexity index is 1180. The van der Waals surface area contributed by atoms with Gasteiger partial charge in [0.05, 0.1) is 0 Å². The van der Waals surface area contributed by atoms with Crippen molar-refractivity contribution in [3.05, 3.63) is 58.5 Å². The maximum atomic E-state index is 11.8. The molecule has 4 aliphatic carbocycles. The van der Waals surface area contributed by atoms with Crippen LogP contribution in [0.3, 0.4) is 0 Å². The second kappa shape index (κ2) is 8.40. The van der Waals surface area contributed by atoms with Crippen molar-refractivity contribution in [3.8, 4) is 6.07 Å². The Balaban J connectivity index is 1.36. The number of hydrogen-bond acceptors (Lipinski definition) is 5. The van der Waals surface area contributed by atoms with E-state index < -0.39 is 0 Å². The van der Waals surface area contributed by atoms with E-state index in [1.807, 2.05) is 18.2 Å². The average molecular weight is 487 g/mol. The number of carbonyl (C=O) groups is 1. The van der Waals surface area contributed by atoms with Crippen molar-refractivity contribution >= 4 is 5.97 Å². The van der Waals surface area contributed by atoms with Crippen LogP contribution in [-0.2, 0) is 14.3 Å². The molecular weight excluding hydrogens is 448 g/mol. The molecule has 0 saturated heterocycles. The molecule has 5 aliphatic rings. The van der Waals surface area contributed by atoms with Crippen molar-refractivity contribution < 1.29 is 14.3 Å². The van der Waals surface area contributed by atoms with Gasteiger partial charge >= 0.3 is 5.97 Å². The number of esters is 1. The van der Waals surface area contributed by atoms with Crippen LogP contribution in [0.4, 0.5) is 0 Å². The number of nitrogens with two attached hydrogens (primary N) is 1. The van der Waals surface area contributed by atoms with Crippen LogP contribution in [-0.4, -0.2) is 12.1 Å². The first kappa shape index (κ1) is 23.6. The van der Waals surface area contributed by atoms with Gasteiger partial charge < -0.3 is 15.2 Å². The normalized spacial score (nSPS) is 41.3. The predicted octanol–water partition coefficient (Wildman–Crippen LogP) is 6.33. The number of nitriles is 1. The van der Waals surface area contributed by atoms with Crippen molar-refractivity contribution in [2.45, 2.75) is 84.3 Å². The smallest absolute Gasteiger partial charge is 0.302 e. The van der Waals surface area contributed by atoms with E-state index in [0.29, 0.717) is 29.2 Å². The second-order valence-corrected chi connectivity index (χ2v) is 12.5. The zero-order valence-electron chi connectivity index (χ0n) is 21.8. The molecule has 0 bridgehead atoms. The number of fused-ring (bicyclic) bond motifs is 5. The Hall–Kier alpha value is -2.74. The van der Waals surface area contributed by atoms with Crippen molar-refractivity contribution in [2.75, 3.05) is 0 Å². The van der Waals surface area contributed by atoms with Gasteiger partial charge in [-0.25, -0.2) is 0 Å². The summed E-state index contributed by atoms with van der Waals surface area (Å²) in [5, 5.41) is 9.99. The summed E-state index contributed by atoms with van der Waals surface area (Å²) in [6.45, 7) is 6.46. The van der Waals surface area contributed by atoms with Crippen molar-refractivity contribution in [2.24, 2.45) is 40.2 Å². The number of benzene rings is 1. The Morgan fingerprint density at radius 2 is 1.83 bits per heavy atom. The molecule has 0 radical (unpaired) electrons. The lowest BCUT2D eigenvalue weighted by Crippen LogP contribution is -2.54. The molecule has 6 rings (SSSR count). The third-order valence-electron chi connectivity index (χ3n) is 11.0. The third-order valence-corrected chi connectivity index (χ3v) is 11.0. The number of hydrogen-bond donors (Lipinski definition) is 1. The van der Waals surface area contributed by atoms with Gasteiger partial charge in [0, 0.05) is 12.3 Å². The highest BCUT2D eigenvalue weighted by molar-refractivity contribution is 5.66. The highest BCUT2D eigenvalue weighted by atomic mass is 16.5. The van der Waals surface area contributed by atoms with E-state index >= 15 is 0 Å². The van der Waals surface area contributed by atoms with Gasteiger partial charge in [0.1, 0.15) is 23.9 Å². The molecule has 1 aliphatic heterocycles. The van der Waals surface area contributed by atoms with Gasteiger partial charge in [0.15, 0.2) is 0 Å². The first-order chi connectivity index (χ1) is 17.3. The molecule has 3 fully saturated rings. The fourth-order valence-corrected chi connectivity index (χ4v) is 9.32. The zero-order valence-corrected chi connectivity index (χ0v) is 21.8. The van der Waals surface area contributed by atoms with Gasteiger partial charge in [-0.3, -0.25) is 4.79 Å². The van der Waals surface area contributed by atoms with E-state index in [1.54, 1.807) is 6.92 Å². The summed E-state index contributed by atoms with van der Waals surface area (Å²) in [7, 11) is 0. The summed E-state index contributed by atoms with van der Waals surface area (Å²) in [4.78, 5) is 11.8. The Morgan fingerprint density at radius 3 is 2.56 bits per heavy atom. The van der Waals surface area contributed by atoms with Crippen LogP contribution in [0, 0.1) is 45.8 Å². The van der Waals surface area contributed by atoms with E-state index in [1.165, 1.54) is 24.8 Å². The summed E-state index contributed by atoms with van der Waals surface area (Å²) in [5.41, 5.74) is 10.7. The first-order valence-corrected chi connectivity index (χ1v) is 13.8. The monoisotopic (exact) mass is 486 g/mol. The molecule has 1 unspecified atom stereocenters. The molecule has 36 heavy (non-hydrogen) atoms. The van der Waals surface area contributed by atoms with Crippen LogP contribution in [0.15, 0.2) is 52.9 Å². The molecule has 3 saturated carbocycles. The predicted molar refractivity (Wildman–Crippen MR) is 137 cm³/mol. The van der Waals surface area contributed by atoms with Crippen molar-refractivity contribution in [1.29, 1.82) is 5.26 Å². The van der Waals surface area contributed by atoms with E-state index in [4.69, 9.17) is 15.2 Å². The van der Waals surface area contributed by atoms with E-state index in [2.05, 4.69) is 32.0 Å². The molecule has 8 atom stereocenters. The van der Waals surface area contributed by atoms with E-state index in [9.17, 15) is 10.1 Å². The molecule has 190 valence electrons. The van der Waals surface area contributed by atoms with Crippen LogP contribution in [0.1, 0.15) is 83.8 Å². The van der Waals surface area contributed by atoms with Crippen LogP contribution >= 0.6 is 0 Å². The largest absolute Gasteiger partial charge is 0.466 e. The number of carbonyl (C=O) groups excluding carboxylic acids is 1. The molecule has 0 aromatic heterocycles. The molecule has 0 spiro atoms. The maximum Gasteiger partial charge on any atom is 0.302 e. The molecule has 5 heteroatoms. The van der Waals surface area contributed by atoms with Gasteiger partial charge in [-0.15, -0.1) is 0 Å². The van der Waals surface area contributed by atoms with Gasteiger partial charge in [-0.2, -0.15) is 5.26 Å². The second-order valence-electron chi connectivity index (χ2n) is 12.5. The first-order valence-electron chi connectivity index (χ1n) is 13.8. The van der Waals surface area contributed by atoms with Crippen LogP contribution in [0.5, 0.6) is 0 Å². The summed E-state index contributed by atoms with van der Waals surface area (Å²) < 4.78 is 12.1. The van der Waals surface area contributed by atoms with E-state index in [-0.39, 0.29) is 34.9 Å². The van der Waals surface area contributed by atoms with Crippen molar-refractivity contribution in [3.63, 3.8) is 0 Å². The van der Waals surface area contributed by atoms with Gasteiger partial charge in [0.2, 0.25) is 5.88 Å². The molecular formula is C31H38N2O3. The van der Waals surface area contributed by atoms with Gasteiger partial charge in [-0.05, 0) is 97.2 Å². The van der Waals surface area contributed by atoms with Crippen LogP contribution in [0.2, 0.25) is 0 Å². The third kappa shape index (κ3) is 3.36. The highest BCUT2D eigenvalue weighted by Crippen LogP contribution is 2.68. The topological polar surface area (TPSA) is 85.3 Å². The highest BCUT2D eigenvalue weighted by Gasteiger charge is 2.61. The summed E-state index contributed by atoms with van der Waals surface area (Å²) in [6.07, 6.45) is 8.63. The van der Waals surface area contributed by atoms with E-state index in [0.717, 1.165) is 43.2 Å². The summed E-state index contributed by atoms with van der Waals surface area (Å²) in [6, 6.07) is 12.7. The minimum atomic E-state index is -0.217. The lowest BCUT2D eigenvalue weighted by atomic mass is 9.44. The molecule has 1 aromatic rings. The van der Waals surface area contributed by atoms with Gasteiger partial charge in [-0.1, -0.05) is 44.2 Å². The number of allylic oxidation sites excluding steroid dienone is 2. The minimum absolute atomic E-state index is 0.0626. The number of rotatable bonds is 2. The van der Waals surface area contributed by atoms with Crippen molar-refractivity contribution in [1.82, 2.24) is 0 Å². The standard InChI is InChI=1S/C31H38N2O3/c1-18(34)35-27-12-11-25-21-10-9-20-15-22-23(16-31(20,3)26(21)13-14-30(25,27)2)28(19-7-5-4-6-8-19)36-29(33)24(22)17-32/h4-8,20-21,25-28H,9-16,33H2,1-3H3/t20-,21-,25-,26-,27-,28?,30-,31-/m0/s1. The number of ether oxygens (including phenoxy) is 2. The molecule has 2 N–H and O–H groups in total. The lowest BCUT2D eigenvalue weighted by Gasteiger charge is -2.61. The molecule has 1 aromatic carbocycles. The molecule has 1 heterocycles. The number of nitrogens with zero attached hydrogens (tertiary/aromatic N) is 1. The Kier molecular flexibility index (Phi) is 5.52. The molecule has 0 amide bonds. The van der Waals surface area contributed by atoms with Crippen LogP contribution in [0.25, 0.3) is 0 Å². The lowest BCUT2D eigenvalue weighted by molar-refractivity contribution is -0.160. The fourth-order valence-electron chi connectivity index (χ4n) is 9.32. The minimum Gasteiger partial charge on any atom is -0.466 e. The Labute approximate surface area is 214 Å². The quantitative estimate of drug-likeness (QED) is 0.494. The summed E-state index contributed by atoms with van der Waals surface area (Å²) >= 11 is 0. The molecule has 5 nitrogen and oxygen atoms in total. The summed E-state index contributed by atoms with van der Waals surface area (Å²) in [5.74, 6) is 2.62.